The van der Waals surface area contributed by atoms with E-state index in [2.05, 4.69) is 15.6 Å². The Bertz CT molecular complexity index is 1570. The van der Waals surface area contributed by atoms with Gasteiger partial charge in [0.2, 0.25) is 17.7 Å². The van der Waals surface area contributed by atoms with Gasteiger partial charge in [0.05, 0.1) is 24.6 Å². The fourth-order valence-electron chi connectivity index (χ4n) is 6.04. The Morgan fingerprint density at radius 2 is 1.78 bits per heavy atom. The van der Waals surface area contributed by atoms with Crippen LogP contribution in [0.15, 0.2) is 42.6 Å². The van der Waals surface area contributed by atoms with Crippen LogP contribution < -0.4 is 10.6 Å². The van der Waals surface area contributed by atoms with Crippen molar-refractivity contribution in [3.8, 4) is 0 Å². The number of ether oxygens (including phenoxy) is 2. The molecule has 1 aromatic heterocycles. The van der Waals surface area contributed by atoms with Crippen molar-refractivity contribution in [2.24, 2.45) is 5.41 Å². The number of fused-ring (bicyclic) bond motifs is 1. The van der Waals surface area contributed by atoms with Gasteiger partial charge in [0, 0.05) is 43.0 Å². The Balaban J connectivity index is 1.55. The predicted molar refractivity (Wildman–Crippen MR) is 167 cm³/mol. The number of aromatic nitrogens is 1. The zero-order valence-corrected chi connectivity index (χ0v) is 28.4. The number of hydrogen-bond acceptors (Lipinski definition) is 8. The molecule has 2 aliphatic rings. The first-order valence-electron chi connectivity index (χ1n) is 15.8. The molecule has 0 bridgehead atoms. The van der Waals surface area contributed by atoms with Crippen molar-refractivity contribution in [1.82, 2.24) is 30.5 Å². The molecule has 50 heavy (non-hydrogen) atoms. The van der Waals surface area contributed by atoms with Gasteiger partial charge in [0.25, 0.3) is 0 Å². The zero-order chi connectivity index (χ0) is 37.1. The van der Waals surface area contributed by atoms with Crippen LogP contribution in [0.25, 0.3) is 0 Å². The first-order valence-corrected chi connectivity index (χ1v) is 15.8. The minimum atomic E-state index is -4.81. The van der Waals surface area contributed by atoms with Gasteiger partial charge in [-0.15, -0.1) is 0 Å². The number of nitrogens with zero attached hydrogens (tertiary/aromatic N) is 4. The minimum absolute atomic E-state index is 0.0130. The summed E-state index contributed by atoms with van der Waals surface area (Å²) in [5.74, 6) is -3.94. The summed E-state index contributed by atoms with van der Waals surface area (Å²) in [5, 5.41) is 6.62. The lowest BCUT2D eigenvalue weighted by molar-refractivity contribution is -0.197. The third kappa shape index (κ3) is 9.44. The Labute approximate surface area is 286 Å². The van der Waals surface area contributed by atoms with Gasteiger partial charge in [-0.05, 0) is 59.2 Å². The molecule has 4 amide bonds. The molecule has 274 valence electrons. The molecule has 17 heteroatoms. The molecule has 2 saturated heterocycles. The lowest BCUT2D eigenvalue weighted by atomic mass is 9.72. The smallest absolute Gasteiger partial charge is 0.408 e. The summed E-state index contributed by atoms with van der Waals surface area (Å²) in [6, 6.07) is 6.84. The van der Waals surface area contributed by atoms with E-state index >= 15 is 0 Å². The van der Waals surface area contributed by atoms with Gasteiger partial charge in [0.1, 0.15) is 36.0 Å². The molecule has 1 aromatic carbocycles. The number of carbonyl (C=O) groups is 4. The minimum Gasteiger partial charge on any atom is -0.444 e. The molecular formula is C33H41F5N6O6. The van der Waals surface area contributed by atoms with Gasteiger partial charge in [-0.2, -0.15) is 18.2 Å². The number of piperidine rings is 1. The molecule has 2 aliphatic heterocycles. The van der Waals surface area contributed by atoms with Crippen molar-refractivity contribution >= 4 is 23.8 Å². The van der Waals surface area contributed by atoms with Gasteiger partial charge in [-0.1, -0.05) is 12.1 Å². The number of hydrazine groups is 1. The first-order chi connectivity index (χ1) is 23.2. The van der Waals surface area contributed by atoms with Crippen LogP contribution in [0.5, 0.6) is 0 Å². The van der Waals surface area contributed by atoms with E-state index in [0.717, 1.165) is 17.1 Å². The molecule has 0 aliphatic carbocycles. The quantitative estimate of drug-likeness (QED) is 0.337. The number of alkyl carbamates (subject to hydrolysis) is 1. The maximum atomic E-state index is 14.3. The number of hydrogen-bond donors (Lipinski definition) is 2. The second-order valence-electron chi connectivity index (χ2n) is 13.8. The highest BCUT2D eigenvalue weighted by Gasteiger charge is 2.62. The number of pyridine rings is 1. The maximum absolute atomic E-state index is 14.3. The zero-order valence-electron chi connectivity index (χ0n) is 28.4. The van der Waals surface area contributed by atoms with E-state index in [4.69, 9.17) is 9.47 Å². The standard InChI is InChI=1S/C33H41F5N6O6/c1-30(2,3)50-29(48)41-31(4,5)27(46)40-16-26(45)42-13-11-25-32(18-42,15-23-8-6-7-12-39-23)28(47)43(19-33(36,37)38)44(25)20-49-17-21-9-10-22(34)14-24(21)35/h6-10,12,14,25H,11,13,15-20H2,1-5H3,(H,40,46)(H,41,48)/t25?,32-/m1/s1. The predicted octanol–water partition coefficient (Wildman–Crippen LogP) is 3.70. The van der Waals surface area contributed by atoms with Crippen molar-refractivity contribution < 1.29 is 50.6 Å². The molecule has 12 nitrogen and oxygen atoms in total. The van der Waals surface area contributed by atoms with Gasteiger partial charge >= 0.3 is 12.3 Å². The summed E-state index contributed by atoms with van der Waals surface area (Å²) in [6.07, 6.45) is -4.27. The van der Waals surface area contributed by atoms with E-state index in [1.54, 1.807) is 39.0 Å². The lowest BCUT2D eigenvalue weighted by Gasteiger charge is -2.43. The van der Waals surface area contributed by atoms with Gasteiger partial charge in [-0.25, -0.2) is 13.6 Å². The molecule has 3 heterocycles. The monoisotopic (exact) mass is 712 g/mol. The van der Waals surface area contributed by atoms with Crippen molar-refractivity contribution in [2.45, 2.75) is 77.4 Å². The average Bonchev–Trinajstić information content (AvgIpc) is 3.20. The summed E-state index contributed by atoms with van der Waals surface area (Å²) in [7, 11) is 0. The summed E-state index contributed by atoms with van der Waals surface area (Å²) in [4.78, 5) is 58.5. The molecule has 2 aromatic rings. The Hall–Kier alpha value is -4.38. The summed E-state index contributed by atoms with van der Waals surface area (Å²) < 4.78 is 80.1. The van der Waals surface area contributed by atoms with Crippen molar-refractivity contribution in [3.63, 3.8) is 0 Å². The second kappa shape index (κ2) is 14.8. The van der Waals surface area contributed by atoms with Crippen LogP contribution in [0.1, 0.15) is 52.3 Å². The first kappa shape index (κ1) is 38.4. The number of nitrogens with one attached hydrogen (secondary N) is 2. The van der Waals surface area contributed by atoms with Crippen LogP contribution in [0.2, 0.25) is 0 Å². The van der Waals surface area contributed by atoms with Gasteiger partial charge < -0.3 is 25.0 Å². The molecular weight excluding hydrogens is 671 g/mol. The highest BCUT2D eigenvalue weighted by atomic mass is 19.4. The summed E-state index contributed by atoms with van der Waals surface area (Å²) in [6.45, 7) is 4.36. The van der Waals surface area contributed by atoms with Crippen molar-refractivity contribution in [1.29, 1.82) is 0 Å². The number of alkyl halides is 3. The highest BCUT2D eigenvalue weighted by molar-refractivity contribution is 5.92. The maximum Gasteiger partial charge on any atom is 0.408 e. The van der Waals surface area contributed by atoms with E-state index in [1.807, 2.05) is 0 Å². The molecule has 2 fully saturated rings. The number of halogens is 5. The molecule has 0 spiro atoms. The topological polar surface area (TPSA) is 133 Å². The fraction of sp³-hybridized carbons (Fsp3) is 0.545. The molecule has 2 N–H and O–H groups in total. The van der Waals surface area contributed by atoms with E-state index < -0.39 is 90.6 Å². The third-order valence-electron chi connectivity index (χ3n) is 8.30. The van der Waals surface area contributed by atoms with Gasteiger partial charge in [0.15, 0.2) is 0 Å². The fourth-order valence-corrected chi connectivity index (χ4v) is 6.04. The number of rotatable bonds is 11. The number of carbonyl (C=O) groups excluding carboxylic acids is 4. The lowest BCUT2D eigenvalue weighted by Crippen LogP contribution is -2.60. The molecule has 0 radical (unpaired) electrons. The van der Waals surface area contributed by atoms with E-state index in [1.165, 1.54) is 24.9 Å². The molecule has 1 unspecified atom stereocenters. The van der Waals surface area contributed by atoms with Crippen LogP contribution in [-0.4, -0.2) is 100.0 Å². The summed E-state index contributed by atoms with van der Waals surface area (Å²) in [5.41, 5.74) is -3.55. The number of amides is 4. The summed E-state index contributed by atoms with van der Waals surface area (Å²) >= 11 is 0. The molecule has 4 rings (SSSR count). The molecule has 0 saturated carbocycles. The third-order valence-corrected chi connectivity index (χ3v) is 8.30. The Morgan fingerprint density at radius 1 is 1.06 bits per heavy atom. The van der Waals surface area contributed by atoms with E-state index in [9.17, 15) is 41.1 Å². The Morgan fingerprint density at radius 3 is 2.40 bits per heavy atom. The number of likely N-dealkylation sites (tertiary alicyclic amines) is 1. The largest absolute Gasteiger partial charge is 0.444 e. The Kier molecular flexibility index (Phi) is 11.4. The van der Waals surface area contributed by atoms with Crippen molar-refractivity contribution in [3.05, 3.63) is 65.5 Å². The SMILES string of the molecule is CC(C)(C)OC(=O)NC(C)(C)C(=O)NCC(=O)N1CCC2N(COCc3ccc(F)cc3F)N(CC(F)(F)F)C(=O)[C@]2(Cc2ccccn2)C1. The average molecular weight is 713 g/mol. The second-order valence-corrected chi connectivity index (χ2v) is 13.8. The highest BCUT2D eigenvalue weighted by Crippen LogP contribution is 2.45. The molecule has 2 atom stereocenters. The van der Waals surface area contributed by atoms with Crippen LogP contribution in [0.3, 0.4) is 0 Å². The van der Waals surface area contributed by atoms with E-state index in [0.29, 0.717) is 16.8 Å². The normalized spacial score (nSPS) is 20.0. The van der Waals surface area contributed by atoms with Crippen LogP contribution >= 0.6 is 0 Å². The van der Waals surface area contributed by atoms with Crippen LogP contribution in [0.4, 0.5) is 26.7 Å². The van der Waals surface area contributed by atoms with Crippen molar-refractivity contribution in [2.75, 3.05) is 32.9 Å². The van der Waals surface area contributed by atoms with Crippen LogP contribution in [-0.2, 0) is 36.9 Å². The number of benzene rings is 1. The van der Waals surface area contributed by atoms with E-state index in [-0.39, 0.29) is 31.5 Å². The van der Waals surface area contributed by atoms with Gasteiger partial charge in [-0.3, -0.25) is 24.4 Å². The van der Waals surface area contributed by atoms with Crippen LogP contribution in [0, 0.1) is 17.0 Å².